The topological polar surface area (TPSA) is 90.3 Å². The number of halogens is 1. The lowest BCUT2D eigenvalue weighted by molar-refractivity contribution is -0.139. The number of aromatic nitrogens is 2. The summed E-state index contributed by atoms with van der Waals surface area (Å²) in [6.45, 7) is -0.0934. The number of nitrogens with one attached hydrogen (secondary N) is 1. The van der Waals surface area contributed by atoms with Crippen LogP contribution in [0.4, 0.5) is 0 Å². The van der Waals surface area contributed by atoms with Crippen LogP contribution in [0, 0.1) is 0 Å². The van der Waals surface area contributed by atoms with Crippen molar-refractivity contribution >= 4 is 31.9 Å². The fraction of sp³-hybridized carbons (Fsp3) is 0.500. The maximum atomic E-state index is 11.7. The third-order valence-electron chi connectivity index (χ3n) is 1.90. The Morgan fingerprint density at radius 2 is 2.35 bits per heavy atom. The molecule has 1 heterocycles. The lowest BCUT2D eigenvalue weighted by Gasteiger charge is -2.08. The molecule has 0 fully saturated rings. The molecule has 1 N–H and O–H groups in total. The van der Waals surface area contributed by atoms with Gasteiger partial charge in [0, 0.05) is 19.8 Å². The highest BCUT2D eigenvalue weighted by Gasteiger charge is 2.21. The molecule has 0 bridgehead atoms. The van der Waals surface area contributed by atoms with Gasteiger partial charge in [-0.3, -0.25) is 9.48 Å². The van der Waals surface area contributed by atoms with Crippen LogP contribution in [0.5, 0.6) is 0 Å². The molecule has 0 aliphatic heterocycles. The predicted molar refractivity (Wildman–Crippen MR) is 63.1 cm³/mol. The van der Waals surface area contributed by atoms with Crippen LogP contribution in [-0.2, 0) is 26.6 Å². The minimum atomic E-state index is -3.65. The van der Waals surface area contributed by atoms with E-state index in [1.807, 2.05) is 0 Å². The first kappa shape index (κ1) is 14.1. The fourth-order valence-corrected chi connectivity index (χ4v) is 2.61. The molecule has 0 saturated carbocycles. The van der Waals surface area contributed by atoms with Crippen LogP contribution in [0.25, 0.3) is 0 Å². The summed E-state index contributed by atoms with van der Waals surface area (Å²) >= 11 is 3.01. The molecule has 1 atom stereocenters. The van der Waals surface area contributed by atoms with E-state index in [0.29, 0.717) is 0 Å². The molecule has 0 aromatic carbocycles. The quantitative estimate of drug-likeness (QED) is 0.589. The molecule has 0 aliphatic carbocycles. The second-order valence-electron chi connectivity index (χ2n) is 3.19. The van der Waals surface area contributed by atoms with Crippen molar-refractivity contribution in [3.8, 4) is 0 Å². The number of sulfonamides is 1. The highest BCUT2D eigenvalue weighted by molar-refractivity contribution is 9.10. The van der Waals surface area contributed by atoms with E-state index in [4.69, 9.17) is 0 Å². The second-order valence-corrected chi connectivity index (χ2v) is 6.06. The average molecular weight is 326 g/mol. The molecule has 9 heteroatoms. The number of alkyl halides is 1. The molecule has 0 aliphatic rings. The number of nitrogens with zero attached hydrogens (tertiary/aromatic N) is 2. The van der Waals surface area contributed by atoms with Gasteiger partial charge in [-0.05, 0) is 0 Å². The third-order valence-corrected chi connectivity index (χ3v) is 3.98. The molecule has 1 unspecified atom stereocenters. The van der Waals surface area contributed by atoms with Crippen LogP contribution < -0.4 is 4.72 Å². The summed E-state index contributed by atoms with van der Waals surface area (Å²) in [4.78, 5) is 10.4. The summed E-state index contributed by atoms with van der Waals surface area (Å²) in [5, 5.41) is 3.76. The van der Waals surface area contributed by atoms with Crippen LogP contribution in [0.2, 0.25) is 0 Å². The van der Waals surface area contributed by atoms with Gasteiger partial charge in [-0.25, -0.2) is 13.1 Å². The lowest BCUT2D eigenvalue weighted by Crippen LogP contribution is -2.33. The zero-order valence-electron chi connectivity index (χ0n) is 9.25. The van der Waals surface area contributed by atoms with Crippen molar-refractivity contribution in [2.45, 2.75) is 9.72 Å². The molecular formula is C8H12BrN3O4S. The molecule has 0 saturated heterocycles. The largest absolute Gasteiger partial charge is 0.468 e. The van der Waals surface area contributed by atoms with Crippen molar-refractivity contribution < 1.29 is 17.9 Å². The molecule has 7 nitrogen and oxygen atoms in total. The summed E-state index contributed by atoms with van der Waals surface area (Å²) in [6.07, 6.45) is 2.59. The van der Waals surface area contributed by atoms with Gasteiger partial charge >= 0.3 is 5.97 Å². The van der Waals surface area contributed by atoms with E-state index in [0.717, 1.165) is 0 Å². The monoisotopic (exact) mass is 325 g/mol. The molecule has 96 valence electrons. The van der Waals surface area contributed by atoms with E-state index in [1.165, 1.54) is 24.2 Å². The SMILES string of the molecule is COC(=O)C(Br)CNS(=O)(=O)c1cnn(C)c1. The molecule has 0 spiro atoms. The normalized spacial score (nSPS) is 13.4. The maximum absolute atomic E-state index is 11.7. The first-order chi connectivity index (χ1) is 7.86. The van der Waals surface area contributed by atoms with Crippen molar-refractivity contribution in [3.63, 3.8) is 0 Å². The number of methoxy groups -OCH3 is 1. The van der Waals surface area contributed by atoms with E-state index in [-0.39, 0.29) is 11.4 Å². The highest BCUT2D eigenvalue weighted by atomic mass is 79.9. The van der Waals surface area contributed by atoms with E-state index in [9.17, 15) is 13.2 Å². The van der Waals surface area contributed by atoms with Gasteiger partial charge in [0.25, 0.3) is 0 Å². The van der Waals surface area contributed by atoms with Gasteiger partial charge in [-0.15, -0.1) is 0 Å². The Bertz CT molecular complexity index is 499. The Hall–Kier alpha value is -0.930. The predicted octanol–water partition coefficient (Wildman–Crippen LogP) is -0.365. The molecule has 0 radical (unpaired) electrons. The number of rotatable bonds is 5. The number of esters is 1. The number of aryl methyl sites for hydroxylation is 1. The van der Waals surface area contributed by atoms with Crippen molar-refractivity contribution in [2.75, 3.05) is 13.7 Å². The van der Waals surface area contributed by atoms with Crippen LogP contribution in [0.15, 0.2) is 17.3 Å². The lowest BCUT2D eigenvalue weighted by atomic mass is 10.4. The fourth-order valence-electron chi connectivity index (χ4n) is 1.01. The van der Waals surface area contributed by atoms with Gasteiger partial charge in [0.1, 0.15) is 9.72 Å². The molecule has 1 rings (SSSR count). The van der Waals surface area contributed by atoms with Crippen molar-refractivity contribution in [1.82, 2.24) is 14.5 Å². The number of hydrogen-bond acceptors (Lipinski definition) is 5. The Labute approximate surface area is 107 Å². The number of ether oxygens (including phenoxy) is 1. The van der Waals surface area contributed by atoms with Crippen LogP contribution >= 0.6 is 15.9 Å². The smallest absolute Gasteiger partial charge is 0.320 e. The van der Waals surface area contributed by atoms with Gasteiger partial charge in [0.2, 0.25) is 10.0 Å². The Morgan fingerprint density at radius 3 is 2.82 bits per heavy atom. The zero-order chi connectivity index (χ0) is 13.1. The molecular weight excluding hydrogens is 314 g/mol. The Balaban J connectivity index is 2.66. The highest BCUT2D eigenvalue weighted by Crippen LogP contribution is 2.07. The van der Waals surface area contributed by atoms with Crippen LogP contribution in [0.3, 0.4) is 0 Å². The zero-order valence-corrected chi connectivity index (χ0v) is 11.7. The summed E-state index contributed by atoms with van der Waals surface area (Å²) < 4.78 is 31.5. The van der Waals surface area contributed by atoms with Gasteiger partial charge in [0.05, 0.1) is 13.3 Å². The number of carbonyl (C=O) groups is 1. The molecule has 1 aromatic rings. The van der Waals surface area contributed by atoms with Gasteiger partial charge in [-0.1, -0.05) is 15.9 Å². The van der Waals surface area contributed by atoms with E-state index in [2.05, 4.69) is 30.5 Å². The van der Waals surface area contributed by atoms with Crippen LogP contribution in [0.1, 0.15) is 0 Å². The van der Waals surface area contributed by atoms with Crippen molar-refractivity contribution in [2.24, 2.45) is 7.05 Å². The van der Waals surface area contributed by atoms with Gasteiger partial charge < -0.3 is 4.74 Å². The summed E-state index contributed by atoms with van der Waals surface area (Å²) in [6, 6.07) is 0. The first-order valence-electron chi connectivity index (χ1n) is 4.57. The maximum Gasteiger partial charge on any atom is 0.320 e. The van der Waals surface area contributed by atoms with E-state index >= 15 is 0 Å². The van der Waals surface area contributed by atoms with Crippen molar-refractivity contribution in [3.05, 3.63) is 12.4 Å². The Kier molecular flexibility index (Phi) is 4.66. The van der Waals surface area contributed by atoms with Gasteiger partial charge in [0.15, 0.2) is 0 Å². The summed E-state index contributed by atoms with van der Waals surface area (Å²) in [7, 11) is -0.807. The summed E-state index contributed by atoms with van der Waals surface area (Å²) in [5.74, 6) is -0.543. The first-order valence-corrected chi connectivity index (χ1v) is 6.97. The van der Waals surface area contributed by atoms with E-state index < -0.39 is 20.8 Å². The van der Waals surface area contributed by atoms with E-state index in [1.54, 1.807) is 7.05 Å². The van der Waals surface area contributed by atoms with Crippen molar-refractivity contribution in [1.29, 1.82) is 0 Å². The Morgan fingerprint density at radius 1 is 1.71 bits per heavy atom. The minimum absolute atomic E-state index is 0.0459. The second kappa shape index (κ2) is 5.61. The molecule has 1 aromatic heterocycles. The molecule has 17 heavy (non-hydrogen) atoms. The van der Waals surface area contributed by atoms with Crippen LogP contribution in [-0.4, -0.2) is 42.6 Å². The minimum Gasteiger partial charge on any atom is -0.468 e. The number of carbonyl (C=O) groups excluding carboxylic acids is 1. The van der Waals surface area contributed by atoms with Gasteiger partial charge in [-0.2, -0.15) is 5.10 Å². The number of hydrogen-bond donors (Lipinski definition) is 1. The third kappa shape index (κ3) is 3.79. The average Bonchev–Trinajstić information content (AvgIpc) is 2.72. The molecule has 0 amide bonds. The summed E-state index contributed by atoms with van der Waals surface area (Å²) in [5.41, 5.74) is 0. The standard InChI is InChI=1S/C8H12BrN3O4S/c1-12-5-6(3-10-12)17(14,15)11-4-7(9)8(13)16-2/h3,5,7,11H,4H2,1-2H3.